The highest BCUT2D eigenvalue weighted by molar-refractivity contribution is 7.13. The molecule has 23 heavy (non-hydrogen) atoms. The number of imidazole rings is 1. The van der Waals surface area contributed by atoms with Gasteiger partial charge < -0.3 is 10.3 Å². The third-order valence-corrected chi connectivity index (χ3v) is 4.78. The van der Waals surface area contributed by atoms with Crippen LogP contribution in [0.25, 0.3) is 10.6 Å². The number of rotatable bonds is 5. The third kappa shape index (κ3) is 3.51. The van der Waals surface area contributed by atoms with Gasteiger partial charge in [0.25, 0.3) is 5.91 Å². The molecule has 2 aromatic heterocycles. The molecule has 0 aliphatic rings. The number of H-pyrrole nitrogens is 1. The van der Waals surface area contributed by atoms with E-state index in [1.165, 1.54) is 5.56 Å². The molecule has 3 rings (SSSR count). The van der Waals surface area contributed by atoms with Crippen LogP contribution in [0.1, 0.15) is 27.2 Å². The minimum Gasteiger partial charge on any atom is -0.352 e. The molecule has 2 N–H and O–H groups in total. The fourth-order valence-corrected chi connectivity index (χ4v) is 3.17. The van der Waals surface area contributed by atoms with Gasteiger partial charge in [0.05, 0.1) is 11.2 Å². The Bertz CT molecular complexity index is 806. The number of thiophene rings is 1. The number of aromatic amines is 1. The molecule has 2 heterocycles. The van der Waals surface area contributed by atoms with E-state index in [1.807, 2.05) is 43.5 Å². The first-order valence-electron chi connectivity index (χ1n) is 7.56. The molecule has 0 atom stereocenters. The molecular weight excluding hydrogens is 306 g/mol. The van der Waals surface area contributed by atoms with Crippen molar-refractivity contribution in [3.63, 3.8) is 0 Å². The van der Waals surface area contributed by atoms with Crippen LogP contribution < -0.4 is 5.32 Å². The Balaban J connectivity index is 1.61. The SMILES string of the molecule is Cc1ccc(C(=O)NCCc2[nH]cnc2-c2cccs2)cc1C. The number of nitrogens with zero attached hydrogens (tertiary/aromatic N) is 1. The van der Waals surface area contributed by atoms with Crippen molar-refractivity contribution < 1.29 is 4.79 Å². The van der Waals surface area contributed by atoms with E-state index in [0.717, 1.165) is 28.2 Å². The Kier molecular flexibility index (Phi) is 4.57. The highest BCUT2D eigenvalue weighted by atomic mass is 32.1. The summed E-state index contributed by atoms with van der Waals surface area (Å²) in [5.41, 5.74) is 5.05. The minimum atomic E-state index is -0.0368. The molecule has 5 heteroatoms. The normalized spacial score (nSPS) is 10.7. The molecule has 3 aromatic rings. The van der Waals surface area contributed by atoms with E-state index in [9.17, 15) is 4.79 Å². The smallest absolute Gasteiger partial charge is 0.251 e. The zero-order valence-corrected chi connectivity index (χ0v) is 14.0. The van der Waals surface area contributed by atoms with Gasteiger partial charge in [-0.05, 0) is 48.6 Å². The van der Waals surface area contributed by atoms with E-state index in [-0.39, 0.29) is 5.91 Å². The van der Waals surface area contributed by atoms with Gasteiger partial charge in [-0.25, -0.2) is 4.98 Å². The van der Waals surface area contributed by atoms with Crippen LogP contribution in [0.4, 0.5) is 0 Å². The summed E-state index contributed by atoms with van der Waals surface area (Å²) in [5.74, 6) is -0.0368. The number of benzene rings is 1. The minimum absolute atomic E-state index is 0.0368. The van der Waals surface area contributed by atoms with Gasteiger partial charge >= 0.3 is 0 Å². The van der Waals surface area contributed by atoms with E-state index in [2.05, 4.69) is 21.4 Å². The second kappa shape index (κ2) is 6.79. The second-order valence-corrected chi connectivity index (χ2v) is 6.46. The van der Waals surface area contributed by atoms with Crippen molar-refractivity contribution in [1.82, 2.24) is 15.3 Å². The molecule has 0 aliphatic carbocycles. The number of aromatic nitrogens is 2. The number of aryl methyl sites for hydroxylation is 2. The quantitative estimate of drug-likeness (QED) is 0.751. The fraction of sp³-hybridized carbons (Fsp3) is 0.222. The van der Waals surface area contributed by atoms with Crippen LogP contribution in [0.2, 0.25) is 0 Å². The molecular formula is C18H19N3OS. The maximum atomic E-state index is 12.2. The van der Waals surface area contributed by atoms with Gasteiger partial charge in [-0.15, -0.1) is 11.3 Å². The summed E-state index contributed by atoms with van der Waals surface area (Å²) in [6, 6.07) is 9.84. The van der Waals surface area contributed by atoms with Crippen molar-refractivity contribution in [3.8, 4) is 10.6 Å². The van der Waals surface area contributed by atoms with Gasteiger partial charge in [-0.3, -0.25) is 4.79 Å². The van der Waals surface area contributed by atoms with Gasteiger partial charge in [-0.1, -0.05) is 12.1 Å². The van der Waals surface area contributed by atoms with Crippen LogP contribution >= 0.6 is 11.3 Å². The van der Waals surface area contributed by atoms with Gasteiger partial charge in [0.15, 0.2) is 0 Å². The zero-order chi connectivity index (χ0) is 16.2. The Morgan fingerprint density at radius 2 is 2.13 bits per heavy atom. The average molecular weight is 325 g/mol. The molecule has 118 valence electrons. The fourth-order valence-electron chi connectivity index (χ4n) is 2.42. The van der Waals surface area contributed by atoms with Crippen molar-refractivity contribution in [2.45, 2.75) is 20.3 Å². The molecule has 0 saturated heterocycles. The molecule has 1 aromatic carbocycles. The van der Waals surface area contributed by atoms with Crippen LogP contribution in [0, 0.1) is 13.8 Å². The van der Waals surface area contributed by atoms with Crippen LogP contribution in [0.3, 0.4) is 0 Å². The summed E-state index contributed by atoms with van der Waals surface area (Å²) in [6.45, 7) is 4.64. The van der Waals surface area contributed by atoms with E-state index >= 15 is 0 Å². The lowest BCUT2D eigenvalue weighted by Crippen LogP contribution is -2.26. The molecule has 0 spiro atoms. The average Bonchev–Trinajstić information content (AvgIpc) is 3.20. The topological polar surface area (TPSA) is 57.8 Å². The predicted octanol–water partition coefficient (Wildman–Crippen LogP) is 3.73. The van der Waals surface area contributed by atoms with Crippen LogP contribution in [0.15, 0.2) is 42.0 Å². The standard InChI is InChI=1S/C18H19N3OS/c1-12-5-6-14(10-13(12)2)18(22)19-8-7-15-17(21-11-20-15)16-4-3-9-23-16/h3-6,9-11H,7-8H2,1-2H3,(H,19,22)(H,20,21). The summed E-state index contributed by atoms with van der Waals surface area (Å²) in [7, 11) is 0. The number of hydrogen-bond donors (Lipinski definition) is 2. The molecule has 4 nitrogen and oxygen atoms in total. The lowest BCUT2D eigenvalue weighted by atomic mass is 10.1. The highest BCUT2D eigenvalue weighted by Gasteiger charge is 2.10. The maximum absolute atomic E-state index is 12.2. The number of hydrogen-bond acceptors (Lipinski definition) is 3. The van der Waals surface area contributed by atoms with Crippen molar-refractivity contribution in [1.29, 1.82) is 0 Å². The lowest BCUT2D eigenvalue weighted by molar-refractivity contribution is 0.0954. The Morgan fingerprint density at radius 1 is 1.26 bits per heavy atom. The summed E-state index contributed by atoms with van der Waals surface area (Å²) in [5, 5.41) is 5.01. The Labute approximate surface area is 139 Å². The van der Waals surface area contributed by atoms with Crippen molar-refractivity contribution in [2.24, 2.45) is 0 Å². The molecule has 0 unspecified atom stereocenters. The molecule has 0 fully saturated rings. The second-order valence-electron chi connectivity index (χ2n) is 5.51. The Morgan fingerprint density at radius 3 is 2.87 bits per heavy atom. The molecule has 1 amide bonds. The van der Waals surface area contributed by atoms with Gasteiger partial charge in [0.1, 0.15) is 5.69 Å². The molecule has 0 radical (unpaired) electrons. The number of carbonyl (C=O) groups is 1. The maximum Gasteiger partial charge on any atom is 0.251 e. The molecule has 0 bridgehead atoms. The number of carbonyl (C=O) groups excluding carboxylic acids is 1. The van der Waals surface area contributed by atoms with Crippen molar-refractivity contribution in [3.05, 3.63) is 64.4 Å². The molecule has 0 saturated carbocycles. The summed E-state index contributed by atoms with van der Waals surface area (Å²) < 4.78 is 0. The van der Waals surface area contributed by atoms with Crippen LogP contribution in [-0.2, 0) is 6.42 Å². The first kappa shape index (κ1) is 15.5. The summed E-state index contributed by atoms with van der Waals surface area (Å²) in [4.78, 5) is 20.9. The summed E-state index contributed by atoms with van der Waals surface area (Å²) >= 11 is 1.66. The largest absolute Gasteiger partial charge is 0.352 e. The van der Waals surface area contributed by atoms with E-state index < -0.39 is 0 Å². The zero-order valence-electron chi connectivity index (χ0n) is 13.2. The van der Waals surface area contributed by atoms with E-state index in [0.29, 0.717) is 12.1 Å². The van der Waals surface area contributed by atoms with E-state index in [4.69, 9.17) is 0 Å². The monoisotopic (exact) mass is 325 g/mol. The number of amides is 1. The van der Waals surface area contributed by atoms with Crippen molar-refractivity contribution >= 4 is 17.2 Å². The summed E-state index contributed by atoms with van der Waals surface area (Å²) in [6.07, 6.45) is 2.43. The highest BCUT2D eigenvalue weighted by Crippen LogP contribution is 2.25. The number of nitrogens with one attached hydrogen (secondary N) is 2. The first-order chi connectivity index (χ1) is 11.1. The third-order valence-electron chi connectivity index (χ3n) is 3.90. The molecule has 0 aliphatic heterocycles. The Hall–Kier alpha value is -2.40. The van der Waals surface area contributed by atoms with Crippen LogP contribution in [-0.4, -0.2) is 22.4 Å². The van der Waals surface area contributed by atoms with Gasteiger partial charge in [0, 0.05) is 24.2 Å². The first-order valence-corrected chi connectivity index (χ1v) is 8.44. The predicted molar refractivity (Wildman–Crippen MR) is 93.9 cm³/mol. The lowest BCUT2D eigenvalue weighted by Gasteiger charge is -2.07. The van der Waals surface area contributed by atoms with Gasteiger partial charge in [0.2, 0.25) is 0 Å². The van der Waals surface area contributed by atoms with Gasteiger partial charge in [-0.2, -0.15) is 0 Å². The van der Waals surface area contributed by atoms with E-state index in [1.54, 1.807) is 17.7 Å². The van der Waals surface area contributed by atoms with Crippen LogP contribution in [0.5, 0.6) is 0 Å². The van der Waals surface area contributed by atoms with Crippen molar-refractivity contribution in [2.75, 3.05) is 6.54 Å².